The highest BCUT2D eigenvalue weighted by Gasteiger charge is 2.67. The molecule has 0 bridgehead atoms. The number of fused-ring (bicyclic) bond motifs is 4. The first-order valence-electron chi connectivity index (χ1n) is 15.5. The zero-order valence-electron chi connectivity index (χ0n) is 25.6. The molecular weight excluding hydrogens is 568 g/mol. The maximum atomic E-state index is 14.2. The molecule has 6 atom stereocenters. The van der Waals surface area contributed by atoms with Crippen molar-refractivity contribution in [1.29, 1.82) is 0 Å². The minimum atomic E-state index is -4.22. The van der Waals surface area contributed by atoms with Gasteiger partial charge < -0.3 is 14.9 Å². The van der Waals surface area contributed by atoms with Crippen LogP contribution in [0.5, 0.6) is 0 Å². The van der Waals surface area contributed by atoms with E-state index in [1.54, 1.807) is 24.3 Å². The van der Waals surface area contributed by atoms with Crippen LogP contribution in [0.25, 0.3) is 0 Å². The Kier molecular flexibility index (Phi) is 8.79. The van der Waals surface area contributed by atoms with E-state index in [0.717, 1.165) is 41.5 Å². The van der Waals surface area contributed by atoms with Crippen molar-refractivity contribution in [3.63, 3.8) is 0 Å². The lowest BCUT2D eigenvalue weighted by atomic mass is 9.52. The molecule has 8 nitrogen and oxygen atoms in total. The third-order valence-corrected chi connectivity index (χ3v) is 11.8. The van der Waals surface area contributed by atoms with E-state index < -0.39 is 51.3 Å². The number of allylic oxidation sites excluding steroid dienone is 5. The fourth-order valence-corrected chi connectivity index (χ4v) is 9.05. The monoisotopic (exact) mass is 612 g/mol. The predicted octanol–water partition coefficient (Wildman–Crippen LogP) is 5.27. The number of carbonyl (C=O) groups is 2. The second kappa shape index (κ2) is 11.8. The molecular formula is C34H44O8S. The van der Waals surface area contributed by atoms with Crippen molar-refractivity contribution < 1.29 is 37.1 Å². The summed E-state index contributed by atoms with van der Waals surface area (Å²) < 4.78 is 37.7. The Morgan fingerprint density at radius 1 is 1.14 bits per heavy atom. The standard InChI is InChI=1S/C34H44O8S/c1-5-6-7-8-30(38)42-34(29(37)21-41-43(39,40)25-12-9-22(2)10-13-25)18-16-27-26-14-11-23-19-24(35)15-17-32(23,3)31(26)28(36)20-33(27,34)4/h9-10,12-13,15,17,19,27-28,30,36,38H,5-8,11,14,16,18,20-21H2,1-4H3/t27-,28?,30?,32-,33-,34-/m0/s1. The van der Waals surface area contributed by atoms with Crippen LogP contribution in [0.15, 0.2) is 64.1 Å². The van der Waals surface area contributed by atoms with E-state index >= 15 is 0 Å². The molecule has 1 fully saturated rings. The maximum absolute atomic E-state index is 14.2. The molecule has 1 aromatic carbocycles. The third kappa shape index (κ3) is 5.52. The molecule has 234 valence electrons. The molecule has 1 saturated carbocycles. The van der Waals surface area contributed by atoms with Crippen LogP contribution in [0.1, 0.15) is 84.1 Å². The van der Waals surface area contributed by atoms with Crippen LogP contribution in [-0.4, -0.2) is 54.8 Å². The normalized spacial score (nSPS) is 32.6. The smallest absolute Gasteiger partial charge is 0.297 e. The summed E-state index contributed by atoms with van der Waals surface area (Å²) in [5, 5.41) is 22.8. The van der Waals surface area contributed by atoms with Gasteiger partial charge in [-0.05, 0) is 94.6 Å². The highest BCUT2D eigenvalue weighted by molar-refractivity contribution is 7.86. The minimum Gasteiger partial charge on any atom is -0.389 e. The van der Waals surface area contributed by atoms with Gasteiger partial charge in [-0.3, -0.25) is 13.8 Å². The van der Waals surface area contributed by atoms with Crippen molar-refractivity contribution in [3.05, 3.63) is 64.8 Å². The van der Waals surface area contributed by atoms with Gasteiger partial charge in [-0.15, -0.1) is 0 Å². The number of benzene rings is 1. The average Bonchev–Trinajstić information content (AvgIpc) is 3.24. The van der Waals surface area contributed by atoms with Gasteiger partial charge >= 0.3 is 0 Å². The van der Waals surface area contributed by atoms with Crippen molar-refractivity contribution in [1.82, 2.24) is 0 Å². The Bertz CT molecular complexity index is 1470. The number of carbonyl (C=O) groups excluding carboxylic acids is 2. The molecule has 0 spiro atoms. The number of ketones is 2. The molecule has 0 aliphatic heterocycles. The summed E-state index contributed by atoms with van der Waals surface area (Å²) in [4.78, 5) is 26.3. The second-order valence-corrected chi connectivity index (χ2v) is 14.7. The van der Waals surface area contributed by atoms with Crippen LogP contribution in [0.2, 0.25) is 0 Å². The van der Waals surface area contributed by atoms with Crippen molar-refractivity contribution in [3.8, 4) is 0 Å². The number of aryl methyl sites for hydroxylation is 1. The zero-order valence-corrected chi connectivity index (χ0v) is 26.4. The number of aliphatic hydroxyl groups is 2. The Morgan fingerprint density at radius 3 is 2.56 bits per heavy atom. The van der Waals surface area contributed by atoms with Gasteiger partial charge in [-0.1, -0.05) is 61.6 Å². The van der Waals surface area contributed by atoms with Crippen LogP contribution < -0.4 is 0 Å². The predicted molar refractivity (Wildman–Crippen MR) is 161 cm³/mol. The topological polar surface area (TPSA) is 127 Å². The lowest BCUT2D eigenvalue weighted by Crippen LogP contribution is -2.59. The number of ether oxygens (including phenoxy) is 1. The van der Waals surface area contributed by atoms with Crippen molar-refractivity contribution in [2.24, 2.45) is 16.7 Å². The SMILES string of the molecule is CCCCCC(O)O[C@]1(C(=O)COS(=O)(=O)c2ccc(C)cc2)CC[C@H]2C3=C(C(O)C[C@@]21C)[C@@]1(C)C=CC(=O)C=C1CC3. The number of aliphatic hydroxyl groups excluding tert-OH is 2. The van der Waals surface area contributed by atoms with Gasteiger partial charge in [0.25, 0.3) is 10.1 Å². The van der Waals surface area contributed by atoms with Crippen LogP contribution in [-0.2, 0) is 28.6 Å². The lowest BCUT2D eigenvalue weighted by Gasteiger charge is -2.54. The van der Waals surface area contributed by atoms with Crippen LogP contribution >= 0.6 is 0 Å². The summed E-state index contributed by atoms with van der Waals surface area (Å²) in [7, 11) is -4.22. The molecule has 0 saturated heterocycles. The summed E-state index contributed by atoms with van der Waals surface area (Å²) in [6.45, 7) is 7.13. The third-order valence-electron chi connectivity index (χ3n) is 10.5. The van der Waals surface area contributed by atoms with Gasteiger partial charge in [0, 0.05) is 10.8 Å². The van der Waals surface area contributed by atoms with E-state index in [0.29, 0.717) is 25.7 Å². The van der Waals surface area contributed by atoms with Crippen molar-refractivity contribution in [2.45, 2.75) is 108 Å². The first kappa shape index (κ1) is 32.0. The van der Waals surface area contributed by atoms with Gasteiger partial charge in [-0.2, -0.15) is 8.42 Å². The Morgan fingerprint density at radius 2 is 1.86 bits per heavy atom. The fourth-order valence-electron chi connectivity index (χ4n) is 8.18. The number of unbranched alkanes of at least 4 members (excludes halogenated alkanes) is 2. The first-order chi connectivity index (χ1) is 20.3. The molecule has 1 aromatic rings. The van der Waals surface area contributed by atoms with Crippen LogP contribution in [0.4, 0.5) is 0 Å². The second-order valence-electron chi connectivity index (χ2n) is 13.1. The summed E-state index contributed by atoms with van der Waals surface area (Å²) in [5.41, 5.74) is 0.789. The maximum Gasteiger partial charge on any atom is 0.297 e. The van der Waals surface area contributed by atoms with E-state index in [9.17, 15) is 28.2 Å². The molecule has 5 rings (SSSR count). The molecule has 2 N–H and O–H groups in total. The van der Waals surface area contributed by atoms with Crippen LogP contribution in [0, 0.1) is 23.7 Å². The van der Waals surface area contributed by atoms with Crippen molar-refractivity contribution >= 4 is 21.7 Å². The van der Waals surface area contributed by atoms with E-state index in [4.69, 9.17) is 8.92 Å². The molecule has 0 aromatic heterocycles. The molecule has 9 heteroatoms. The van der Waals surface area contributed by atoms with Crippen LogP contribution in [0.3, 0.4) is 0 Å². The molecule has 43 heavy (non-hydrogen) atoms. The Balaban J connectivity index is 1.49. The van der Waals surface area contributed by atoms with E-state index in [1.165, 1.54) is 12.1 Å². The molecule has 0 heterocycles. The largest absolute Gasteiger partial charge is 0.389 e. The average molecular weight is 613 g/mol. The summed E-state index contributed by atoms with van der Waals surface area (Å²) >= 11 is 0. The van der Waals surface area contributed by atoms with Gasteiger partial charge in [0.15, 0.2) is 17.9 Å². The van der Waals surface area contributed by atoms with E-state index in [-0.39, 0.29) is 29.4 Å². The highest BCUT2D eigenvalue weighted by atomic mass is 32.2. The minimum absolute atomic E-state index is 0.0443. The molecule has 4 aliphatic rings. The highest BCUT2D eigenvalue weighted by Crippen LogP contribution is 2.65. The zero-order chi connectivity index (χ0) is 31.2. The Labute approximate surface area is 255 Å². The van der Waals surface area contributed by atoms with Gasteiger partial charge in [0.1, 0.15) is 12.2 Å². The quantitative estimate of drug-likeness (QED) is 0.150. The van der Waals surface area contributed by atoms with Gasteiger partial charge in [-0.25, -0.2) is 0 Å². The number of hydrogen-bond acceptors (Lipinski definition) is 8. The summed E-state index contributed by atoms with van der Waals surface area (Å²) in [6, 6.07) is 6.21. The molecule has 0 amide bonds. The molecule has 4 aliphatic carbocycles. The fraction of sp³-hybridized carbons (Fsp3) is 0.588. The van der Waals surface area contributed by atoms with E-state index in [1.807, 2.05) is 26.8 Å². The Hall–Kier alpha value is -2.43. The summed E-state index contributed by atoms with van der Waals surface area (Å²) in [5.74, 6) is -0.733. The van der Waals surface area contributed by atoms with Gasteiger partial charge in [0.05, 0.1) is 11.0 Å². The number of rotatable bonds is 11. The molecule has 0 radical (unpaired) electrons. The lowest BCUT2D eigenvalue weighted by molar-refractivity contribution is -0.227. The molecule has 2 unspecified atom stereocenters. The van der Waals surface area contributed by atoms with E-state index in [2.05, 4.69) is 6.92 Å². The van der Waals surface area contributed by atoms with Crippen molar-refractivity contribution in [2.75, 3.05) is 6.61 Å². The first-order valence-corrected chi connectivity index (χ1v) is 16.9. The number of hydrogen-bond donors (Lipinski definition) is 2. The summed E-state index contributed by atoms with van der Waals surface area (Å²) in [6.07, 6.45) is 8.27. The number of Topliss-reactive ketones (excluding diaryl/α,β-unsaturated/α-hetero) is 1. The van der Waals surface area contributed by atoms with Gasteiger partial charge in [0.2, 0.25) is 0 Å².